The Morgan fingerprint density at radius 1 is 1.35 bits per heavy atom. The van der Waals surface area contributed by atoms with Crippen molar-refractivity contribution in [3.63, 3.8) is 0 Å². The van der Waals surface area contributed by atoms with Gasteiger partial charge in [-0.2, -0.15) is 26.3 Å². The quantitative estimate of drug-likeness (QED) is 0.465. The van der Waals surface area contributed by atoms with Crippen molar-refractivity contribution in [3.05, 3.63) is 30.2 Å². The first-order valence-electron chi connectivity index (χ1n) is 4.04. The van der Waals surface area contributed by atoms with Crippen LogP contribution in [-0.4, -0.2) is 11.8 Å². The van der Waals surface area contributed by atoms with Gasteiger partial charge in [0.25, 0.3) is 0 Å². The van der Waals surface area contributed by atoms with E-state index in [0.29, 0.717) is 6.92 Å². The van der Waals surface area contributed by atoms with E-state index in [1.54, 1.807) is 0 Å². The van der Waals surface area contributed by atoms with Crippen molar-refractivity contribution in [2.45, 2.75) is 25.1 Å². The molecular weight excluding hydrogens is 257 g/mol. The van der Waals surface area contributed by atoms with Crippen LogP contribution in [0.2, 0.25) is 0 Å². The Bertz CT molecular complexity index is 344. The van der Waals surface area contributed by atoms with Gasteiger partial charge in [-0.3, -0.25) is 0 Å². The molecular formula is C9H7F7O. The zero-order valence-electron chi connectivity index (χ0n) is 8.47. The summed E-state index contributed by atoms with van der Waals surface area (Å²) >= 11 is 0. The summed E-state index contributed by atoms with van der Waals surface area (Å²) in [6, 6.07) is -1.77. The summed E-state index contributed by atoms with van der Waals surface area (Å²) in [5, 5.41) is 0. The fourth-order valence-corrected chi connectivity index (χ4v) is 0.813. The Hall–Kier alpha value is -1.43. The van der Waals surface area contributed by atoms with Gasteiger partial charge in [0.05, 0.1) is 6.42 Å². The fraction of sp³-hybridized carbons (Fsp3) is 0.444. The minimum Gasteiger partial charge on any atom is -0.452 e. The van der Waals surface area contributed by atoms with Crippen LogP contribution < -0.4 is 0 Å². The van der Waals surface area contributed by atoms with Gasteiger partial charge in [0.1, 0.15) is 0 Å². The smallest absolute Gasteiger partial charge is 0.428 e. The van der Waals surface area contributed by atoms with Gasteiger partial charge in [0.2, 0.25) is 5.60 Å². The van der Waals surface area contributed by atoms with Gasteiger partial charge in [0.15, 0.2) is 5.83 Å². The van der Waals surface area contributed by atoms with Crippen LogP contribution in [0.1, 0.15) is 13.3 Å². The van der Waals surface area contributed by atoms with Gasteiger partial charge >= 0.3 is 18.3 Å². The van der Waals surface area contributed by atoms with Crippen molar-refractivity contribution in [3.8, 4) is 0 Å². The second-order valence-electron chi connectivity index (χ2n) is 3.12. The van der Waals surface area contributed by atoms with Crippen LogP contribution in [0.4, 0.5) is 30.7 Å². The molecule has 0 saturated heterocycles. The monoisotopic (exact) mass is 264 g/mol. The molecule has 1 aliphatic rings. The van der Waals surface area contributed by atoms with Gasteiger partial charge in [-0.15, -0.1) is 0 Å². The second-order valence-corrected chi connectivity index (χ2v) is 3.12. The molecule has 0 N–H and O–H groups in total. The molecule has 0 aromatic carbocycles. The van der Waals surface area contributed by atoms with Crippen LogP contribution in [0.15, 0.2) is 30.2 Å². The normalized spacial score (nSPS) is 23.5. The molecule has 0 bridgehead atoms. The van der Waals surface area contributed by atoms with Crippen LogP contribution in [-0.2, 0) is 4.74 Å². The minimum atomic E-state index is -4.77. The molecule has 1 rings (SSSR count). The Morgan fingerprint density at radius 3 is 1.88 bits per heavy atom. The lowest BCUT2D eigenvalue weighted by atomic mass is 10.0. The minimum absolute atomic E-state index is 0.596. The number of alkyl halides is 3. The molecule has 0 radical (unpaired) electrons. The number of hydrogen-bond donors (Lipinski definition) is 0. The molecule has 0 fully saturated rings. The van der Waals surface area contributed by atoms with Gasteiger partial charge < -0.3 is 4.74 Å². The van der Waals surface area contributed by atoms with Crippen molar-refractivity contribution in [2.24, 2.45) is 0 Å². The zero-order valence-corrected chi connectivity index (χ0v) is 8.47. The van der Waals surface area contributed by atoms with Crippen LogP contribution in [0.5, 0.6) is 0 Å². The summed E-state index contributed by atoms with van der Waals surface area (Å²) in [5.74, 6) is -1.49. The van der Waals surface area contributed by atoms with Gasteiger partial charge in [-0.1, -0.05) is 12.3 Å². The maximum absolute atomic E-state index is 12.2. The molecule has 1 atom stereocenters. The maximum Gasteiger partial charge on any atom is 0.428 e. The molecule has 1 nitrogen and oxygen atoms in total. The summed E-state index contributed by atoms with van der Waals surface area (Å²) in [7, 11) is 0. The molecule has 17 heavy (non-hydrogen) atoms. The van der Waals surface area contributed by atoms with Crippen LogP contribution in [0.25, 0.3) is 0 Å². The summed E-state index contributed by atoms with van der Waals surface area (Å²) in [5.41, 5.74) is -1.39. The first-order chi connectivity index (χ1) is 7.53. The van der Waals surface area contributed by atoms with Crippen molar-refractivity contribution in [2.75, 3.05) is 0 Å². The van der Waals surface area contributed by atoms with E-state index >= 15 is 0 Å². The standard InChI is InChI=1S/C6H5F5O.C3H2F2/c1-5(6(9,10)11)2-3(7)4(8)12-5;1-2-3(4)5/h2H2,1H3;1H2. The SMILES string of the molecule is C=C=C(F)F.CC1(C(F)(F)F)CC(F)=C(F)O1. The Balaban J connectivity index is 0.000000437. The molecule has 0 amide bonds. The molecule has 0 spiro atoms. The molecule has 0 aliphatic carbocycles. The fourth-order valence-electron chi connectivity index (χ4n) is 0.813. The van der Waals surface area contributed by atoms with Crippen molar-refractivity contribution in [1.29, 1.82) is 0 Å². The van der Waals surface area contributed by atoms with Gasteiger partial charge in [-0.25, -0.2) is 4.39 Å². The second kappa shape index (κ2) is 5.27. The maximum atomic E-state index is 12.2. The largest absolute Gasteiger partial charge is 0.452 e. The molecule has 0 aromatic rings. The molecule has 1 unspecified atom stereocenters. The van der Waals surface area contributed by atoms with Crippen LogP contribution in [0.3, 0.4) is 0 Å². The molecule has 1 heterocycles. The third-order valence-corrected chi connectivity index (χ3v) is 1.75. The molecule has 0 aromatic heterocycles. The number of halogens is 7. The van der Waals surface area contributed by atoms with Crippen molar-refractivity contribution < 1.29 is 35.5 Å². The summed E-state index contributed by atoms with van der Waals surface area (Å²) in [6.07, 6.45) is -7.72. The molecule has 0 saturated carbocycles. The van der Waals surface area contributed by atoms with Crippen LogP contribution >= 0.6 is 0 Å². The van der Waals surface area contributed by atoms with E-state index in [-0.39, 0.29) is 0 Å². The van der Waals surface area contributed by atoms with E-state index < -0.39 is 36.1 Å². The lowest BCUT2D eigenvalue weighted by molar-refractivity contribution is -0.255. The lowest BCUT2D eigenvalue weighted by Crippen LogP contribution is -2.41. The summed E-state index contributed by atoms with van der Waals surface area (Å²) in [6.45, 7) is 3.24. The average molecular weight is 264 g/mol. The Morgan fingerprint density at radius 2 is 1.76 bits per heavy atom. The van der Waals surface area contributed by atoms with Gasteiger partial charge in [0, 0.05) is 0 Å². The van der Waals surface area contributed by atoms with E-state index in [4.69, 9.17) is 0 Å². The summed E-state index contributed by atoms with van der Waals surface area (Å²) in [4.78, 5) is 0. The van der Waals surface area contributed by atoms with E-state index in [1.165, 1.54) is 5.73 Å². The highest BCUT2D eigenvalue weighted by Gasteiger charge is 2.58. The van der Waals surface area contributed by atoms with Crippen molar-refractivity contribution in [1.82, 2.24) is 0 Å². The molecule has 1 aliphatic heterocycles. The Kier molecular flexibility index (Phi) is 4.82. The molecule has 8 heteroatoms. The number of ether oxygens (including phenoxy) is 1. The highest BCUT2D eigenvalue weighted by Crippen LogP contribution is 2.45. The van der Waals surface area contributed by atoms with Gasteiger partial charge in [-0.05, 0) is 6.92 Å². The van der Waals surface area contributed by atoms with E-state index in [0.717, 1.165) is 0 Å². The predicted molar refractivity (Wildman–Crippen MR) is 44.3 cm³/mol. The van der Waals surface area contributed by atoms with E-state index in [2.05, 4.69) is 11.3 Å². The van der Waals surface area contributed by atoms with Crippen molar-refractivity contribution >= 4 is 0 Å². The highest BCUT2D eigenvalue weighted by atomic mass is 19.4. The first kappa shape index (κ1) is 15.6. The molecule has 98 valence electrons. The van der Waals surface area contributed by atoms with E-state index in [9.17, 15) is 30.7 Å². The lowest BCUT2D eigenvalue weighted by Gasteiger charge is -2.25. The Labute approximate surface area is 91.9 Å². The topological polar surface area (TPSA) is 9.23 Å². The number of hydrogen-bond acceptors (Lipinski definition) is 1. The third kappa shape index (κ3) is 4.14. The zero-order chi connectivity index (χ0) is 13.9. The van der Waals surface area contributed by atoms with E-state index in [1.807, 2.05) is 0 Å². The first-order valence-corrected chi connectivity index (χ1v) is 4.04. The predicted octanol–water partition coefficient (Wildman–Crippen LogP) is 4.39. The average Bonchev–Trinajstić information content (AvgIpc) is 2.42. The summed E-state index contributed by atoms with van der Waals surface area (Å²) < 4.78 is 85.1. The third-order valence-electron chi connectivity index (χ3n) is 1.75. The highest BCUT2D eigenvalue weighted by molar-refractivity contribution is 5.09. The van der Waals surface area contributed by atoms with Crippen LogP contribution in [0, 0.1) is 0 Å². The number of rotatable bonds is 0.